The maximum Gasteiger partial charge on any atom is 0.417 e. The standard InChI is InChI=1S/C18H11ClF3NO2/c1-9-13(7-11-6-5-10(8-23-11)18(20,21)22)17(25)12-3-2-4-14(19)15(12)16(9)24/h2-6,8H,7H2,1H3. The SMILES string of the molecule is CC1=C(Cc2ccc(C(F)(F)F)cn2)C(=O)c2cccc(Cl)c2C1=O. The molecule has 0 bridgehead atoms. The fraction of sp³-hybridized carbons (Fsp3) is 0.167. The van der Waals surface area contributed by atoms with Gasteiger partial charge in [-0.1, -0.05) is 23.7 Å². The van der Waals surface area contributed by atoms with E-state index in [-0.39, 0.29) is 51.0 Å². The smallest absolute Gasteiger partial charge is 0.289 e. The van der Waals surface area contributed by atoms with Crippen LogP contribution in [0.5, 0.6) is 0 Å². The minimum absolute atomic E-state index is 0.0273. The van der Waals surface area contributed by atoms with Crippen LogP contribution in [0.1, 0.15) is 38.9 Å². The molecule has 0 atom stereocenters. The Bertz CT molecular complexity index is 915. The van der Waals surface area contributed by atoms with E-state index in [9.17, 15) is 22.8 Å². The van der Waals surface area contributed by atoms with E-state index >= 15 is 0 Å². The number of carbonyl (C=O) groups excluding carboxylic acids is 2. The second-order valence-electron chi connectivity index (χ2n) is 5.64. The number of ketones is 2. The van der Waals surface area contributed by atoms with Crippen molar-refractivity contribution in [3.63, 3.8) is 0 Å². The van der Waals surface area contributed by atoms with Gasteiger partial charge in [0.2, 0.25) is 0 Å². The van der Waals surface area contributed by atoms with E-state index in [1.54, 1.807) is 6.07 Å². The first-order valence-corrected chi connectivity index (χ1v) is 7.67. The highest BCUT2D eigenvalue weighted by molar-refractivity contribution is 6.38. The third kappa shape index (κ3) is 3.09. The lowest BCUT2D eigenvalue weighted by Crippen LogP contribution is -2.22. The van der Waals surface area contributed by atoms with Crippen LogP contribution in [-0.4, -0.2) is 16.6 Å². The monoisotopic (exact) mass is 365 g/mol. The molecular weight excluding hydrogens is 355 g/mol. The zero-order valence-electron chi connectivity index (χ0n) is 12.9. The molecule has 3 rings (SSSR count). The van der Waals surface area contributed by atoms with Gasteiger partial charge in [-0.3, -0.25) is 14.6 Å². The molecule has 0 amide bonds. The molecule has 2 aromatic rings. The predicted octanol–water partition coefficient (Wildman–Crippen LogP) is 4.69. The number of alkyl halides is 3. The van der Waals surface area contributed by atoms with Gasteiger partial charge in [-0.25, -0.2) is 0 Å². The third-order valence-corrected chi connectivity index (χ3v) is 4.38. The van der Waals surface area contributed by atoms with Gasteiger partial charge in [0.25, 0.3) is 0 Å². The minimum atomic E-state index is -4.48. The average molecular weight is 366 g/mol. The van der Waals surface area contributed by atoms with Crippen LogP contribution in [0, 0.1) is 0 Å². The van der Waals surface area contributed by atoms with Crippen LogP contribution in [0.2, 0.25) is 5.02 Å². The maximum atomic E-state index is 12.7. The van der Waals surface area contributed by atoms with E-state index in [4.69, 9.17) is 11.6 Å². The van der Waals surface area contributed by atoms with Crippen LogP contribution in [0.25, 0.3) is 0 Å². The quantitative estimate of drug-likeness (QED) is 0.775. The zero-order valence-corrected chi connectivity index (χ0v) is 13.7. The number of pyridine rings is 1. The number of halogens is 4. The van der Waals surface area contributed by atoms with E-state index in [2.05, 4.69) is 4.98 Å². The summed E-state index contributed by atoms with van der Waals surface area (Å²) < 4.78 is 37.8. The summed E-state index contributed by atoms with van der Waals surface area (Å²) in [5.74, 6) is -0.724. The summed E-state index contributed by atoms with van der Waals surface area (Å²) in [5.41, 5.74) is 0.208. The van der Waals surface area contributed by atoms with Gasteiger partial charge in [-0.15, -0.1) is 0 Å². The second kappa shape index (κ2) is 6.11. The molecule has 0 radical (unpaired) electrons. The van der Waals surface area contributed by atoms with Crippen LogP contribution >= 0.6 is 11.6 Å². The number of nitrogens with zero attached hydrogens (tertiary/aromatic N) is 1. The summed E-state index contributed by atoms with van der Waals surface area (Å²) in [5, 5.41) is 0.196. The Labute approximate surface area is 146 Å². The van der Waals surface area contributed by atoms with Gasteiger partial charge in [0.05, 0.1) is 16.1 Å². The number of Topliss-reactive ketones (excluding diaryl/α,β-unsaturated/α-hetero) is 2. The fourth-order valence-corrected chi connectivity index (χ4v) is 2.95. The predicted molar refractivity (Wildman–Crippen MR) is 85.8 cm³/mol. The van der Waals surface area contributed by atoms with Gasteiger partial charge in [-0.2, -0.15) is 13.2 Å². The van der Waals surface area contributed by atoms with Crippen molar-refractivity contribution in [1.29, 1.82) is 0 Å². The summed E-state index contributed by atoms with van der Waals surface area (Å²) in [7, 11) is 0. The van der Waals surface area contributed by atoms with E-state index < -0.39 is 11.7 Å². The largest absolute Gasteiger partial charge is 0.417 e. The summed E-state index contributed by atoms with van der Waals surface area (Å²) in [6.45, 7) is 1.51. The molecule has 1 aliphatic carbocycles. The molecule has 128 valence electrons. The molecule has 1 aliphatic rings. The number of hydrogen-bond donors (Lipinski definition) is 0. The van der Waals surface area contributed by atoms with Crippen molar-refractivity contribution in [2.45, 2.75) is 19.5 Å². The molecule has 0 fully saturated rings. The zero-order chi connectivity index (χ0) is 18.4. The number of carbonyl (C=O) groups is 2. The number of rotatable bonds is 2. The molecule has 7 heteroatoms. The van der Waals surface area contributed by atoms with Crippen LogP contribution in [-0.2, 0) is 12.6 Å². The van der Waals surface area contributed by atoms with E-state index in [1.165, 1.54) is 25.1 Å². The van der Waals surface area contributed by atoms with Crippen molar-refractivity contribution in [3.8, 4) is 0 Å². The van der Waals surface area contributed by atoms with Crippen LogP contribution in [0.3, 0.4) is 0 Å². The Hall–Kier alpha value is -2.47. The topological polar surface area (TPSA) is 47.0 Å². The molecule has 0 saturated carbocycles. The van der Waals surface area contributed by atoms with Crippen molar-refractivity contribution in [2.75, 3.05) is 0 Å². The van der Waals surface area contributed by atoms with Gasteiger partial charge < -0.3 is 0 Å². The number of fused-ring (bicyclic) bond motifs is 1. The Balaban J connectivity index is 1.97. The number of benzene rings is 1. The lowest BCUT2D eigenvalue weighted by molar-refractivity contribution is -0.137. The molecule has 0 saturated heterocycles. The van der Waals surface area contributed by atoms with Gasteiger partial charge in [-0.05, 0) is 25.1 Å². The van der Waals surface area contributed by atoms with E-state index in [0.29, 0.717) is 6.20 Å². The van der Waals surface area contributed by atoms with Crippen molar-refractivity contribution in [1.82, 2.24) is 4.98 Å². The van der Waals surface area contributed by atoms with Gasteiger partial charge in [0.15, 0.2) is 11.6 Å². The lowest BCUT2D eigenvalue weighted by Gasteiger charge is -2.20. The highest BCUT2D eigenvalue weighted by atomic mass is 35.5. The lowest BCUT2D eigenvalue weighted by atomic mass is 9.83. The van der Waals surface area contributed by atoms with Gasteiger partial charge in [0.1, 0.15) is 0 Å². The van der Waals surface area contributed by atoms with Crippen molar-refractivity contribution in [3.05, 3.63) is 75.1 Å². The third-order valence-electron chi connectivity index (χ3n) is 4.06. The molecule has 1 aromatic carbocycles. The molecule has 1 heterocycles. The van der Waals surface area contributed by atoms with Gasteiger partial charge in [0, 0.05) is 35.0 Å². The van der Waals surface area contributed by atoms with Crippen molar-refractivity contribution >= 4 is 23.2 Å². The number of allylic oxidation sites excluding steroid dienone is 2. The first kappa shape index (κ1) is 17.4. The Morgan fingerprint density at radius 3 is 2.40 bits per heavy atom. The molecule has 0 spiro atoms. The number of hydrogen-bond acceptors (Lipinski definition) is 3. The maximum absolute atomic E-state index is 12.7. The fourth-order valence-electron chi connectivity index (χ4n) is 2.69. The molecule has 25 heavy (non-hydrogen) atoms. The normalized spacial score (nSPS) is 14.8. The summed E-state index contributed by atoms with van der Waals surface area (Å²) in [6, 6.07) is 6.71. The summed E-state index contributed by atoms with van der Waals surface area (Å²) >= 11 is 6.02. The molecular formula is C18H11ClF3NO2. The summed E-state index contributed by atoms with van der Waals surface area (Å²) in [4.78, 5) is 28.9. The molecule has 0 aliphatic heterocycles. The minimum Gasteiger partial charge on any atom is -0.289 e. The van der Waals surface area contributed by atoms with E-state index in [0.717, 1.165) is 6.07 Å². The first-order valence-electron chi connectivity index (χ1n) is 7.30. The average Bonchev–Trinajstić information content (AvgIpc) is 2.56. The van der Waals surface area contributed by atoms with Crippen LogP contribution in [0.15, 0.2) is 47.7 Å². The Kier molecular flexibility index (Phi) is 4.24. The number of aromatic nitrogens is 1. The summed E-state index contributed by atoms with van der Waals surface area (Å²) in [6.07, 6.45) is -3.79. The molecule has 1 aromatic heterocycles. The highest BCUT2D eigenvalue weighted by Gasteiger charge is 2.33. The molecule has 0 N–H and O–H groups in total. The van der Waals surface area contributed by atoms with Crippen LogP contribution < -0.4 is 0 Å². The van der Waals surface area contributed by atoms with E-state index in [1.807, 2.05) is 0 Å². The van der Waals surface area contributed by atoms with Gasteiger partial charge >= 0.3 is 6.18 Å². The van der Waals surface area contributed by atoms with Crippen molar-refractivity contribution in [2.24, 2.45) is 0 Å². The second-order valence-corrected chi connectivity index (χ2v) is 6.04. The molecule has 0 unspecified atom stereocenters. The van der Waals surface area contributed by atoms with Crippen LogP contribution in [0.4, 0.5) is 13.2 Å². The van der Waals surface area contributed by atoms with Crippen molar-refractivity contribution < 1.29 is 22.8 Å². The molecule has 3 nitrogen and oxygen atoms in total. The Morgan fingerprint density at radius 1 is 1.08 bits per heavy atom. The Morgan fingerprint density at radius 2 is 1.80 bits per heavy atom. The first-order chi connectivity index (χ1) is 11.7. The highest BCUT2D eigenvalue weighted by Crippen LogP contribution is 2.33.